The van der Waals surface area contributed by atoms with Gasteiger partial charge in [-0.2, -0.15) is 5.26 Å². The van der Waals surface area contributed by atoms with Crippen LogP contribution in [0.4, 0.5) is 0 Å². The van der Waals surface area contributed by atoms with Crippen molar-refractivity contribution in [2.24, 2.45) is 5.73 Å². The summed E-state index contributed by atoms with van der Waals surface area (Å²) >= 11 is 6.12. The fourth-order valence-corrected chi connectivity index (χ4v) is 4.20. The molecule has 0 amide bonds. The largest absolute Gasteiger partial charge is 0.495 e. The van der Waals surface area contributed by atoms with Crippen LogP contribution in [0, 0.1) is 11.3 Å². The molecule has 3 aromatic carbocycles. The van der Waals surface area contributed by atoms with Crippen molar-refractivity contribution in [3.63, 3.8) is 0 Å². The maximum Gasteiger partial charge on any atom is 0.343 e. The molecule has 1 atom stereocenters. The third-order valence-electron chi connectivity index (χ3n) is 5.61. The minimum absolute atomic E-state index is 0.0340. The number of rotatable bonds is 7. The zero-order chi connectivity index (χ0) is 25.8. The molecular weight excluding hydrogens is 484 g/mol. The number of nitriles is 1. The van der Waals surface area contributed by atoms with Gasteiger partial charge in [0.15, 0.2) is 11.5 Å². The number of nitrogens with zero attached hydrogens (tertiary/aromatic N) is 1. The van der Waals surface area contributed by atoms with E-state index in [4.69, 9.17) is 41.0 Å². The minimum Gasteiger partial charge on any atom is -0.495 e. The second-order valence-corrected chi connectivity index (χ2v) is 8.11. The fraction of sp³-hybridized carbons (Fsp3) is 0.185. The Morgan fingerprint density at radius 2 is 1.81 bits per heavy atom. The van der Waals surface area contributed by atoms with Crippen molar-refractivity contribution < 1.29 is 28.5 Å². The molecule has 1 aliphatic heterocycles. The Hall–Kier alpha value is -4.35. The first kappa shape index (κ1) is 24.8. The summed E-state index contributed by atoms with van der Waals surface area (Å²) in [7, 11) is 3.03. The number of ether oxygens (including phenoxy) is 5. The van der Waals surface area contributed by atoms with E-state index in [0.29, 0.717) is 35.2 Å². The summed E-state index contributed by atoms with van der Waals surface area (Å²) in [5.41, 5.74) is 8.06. The van der Waals surface area contributed by atoms with Gasteiger partial charge in [0.25, 0.3) is 0 Å². The lowest BCUT2D eigenvalue weighted by atomic mass is 9.83. The quantitative estimate of drug-likeness (QED) is 0.344. The molecule has 0 saturated heterocycles. The van der Waals surface area contributed by atoms with E-state index in [-0.39, 0.29) is 27.8 Å². The summed E-state index contributed by atoms with van der Waals surface area (Å²) in [6, 6.07) is 17.1. The summed E-state index contributed by atoms with van der Waals surface area (Å²) in [6.45, 7) is 2.36. The maximum absolute atomic E-state index is 12.7. The molecule has 9 heteroatoms. The van der Waals surface area contributed by atoms with E-state index in [1.54, 1.807) is 49.6 Å². The maximum atomic E-state index is 12.7. The van der Waals surface area contributed by atoms with Gasteiger partial charge in [0.2, 0.25) is 5.88 Å². The van der Waals surface area contributed by atoms with Crippen LogP contribution in [0.2, 0.25) is 5.02 Å². The number of carbonyl (C=O) groups is 1. The lowest BCUT2D eigenvalue weighted by molar-refractivity contribution is 0.0734. The predicted octanol–water partition coefficient (Wildman–Crippen LogP) is 5.19. The first-order valence-corrected chi connectivity index (χ1v) is 11.4. The van der Waals surface area contributed by atoms with Gasteiger partial charge in [-0.3, -0.25) is 0 Å². The highest BCUT2D eigenvalue weighted by atomic mass is 35.5. The van der Waals surface area contributed by atoms with Gasteiger partial charge in [0, 0.05) is 11.6 Å². The van der Waals surface area contributed by atoms with Crippen molar-refractivity contribution in [2.75, 3.05) is 20.8 Å². The molecule has 0 radical (unpaired) electrons. The van der Waals surface area contributed by atoms with E-state index >= 15 is 0 Å². The molecule has 0 aliphatic carbocycles. The predicted molar refractivity (Wildman–Crippen MR) is 133 cm³/mol. The lowest BCUT2D eigenvalue weighted by Crippen LogP contribution is -2.21. The van der Waals surface area contributed by atoms with E-state index < -0.39 is 11.9 Å². The Morgan fingerprint density at radius 1 is 1.06 bits per heavy atom. The van der Waals surface area contributed by atoms with Crippen molar-refractivity contribution in [3.05, 3.63) is 87.8 Å². The van der Waals surface area contributed by atoms with Crippen molar-refractivity contribution in [1.29, 1.82) is 5.26 Å². The number of hydrogen-bond acceptors (Lipinski definition) is 8. The van der Waals surface area contributed by atoms with Crippen molar-refractivity contribution in [1.82, 2.24) is 0 Å². The molecule has 3 aromatic rings. The number of carbonyl (C=O) groups excluding carboxylic acids is 1. The van der Waals surface area contributed by atoms with E-state index in [1.807, 2.05) is 13.0 Å². The standard InChI is InChI=1S/C27H23ClN2O6/c1-4-34-22-10-5-15(12-24(22)33-3)25-18-8-7-17(13-23(18)36-26(30)19(25)14-29)35-27(31)16-6-9-21(32-2)20(28)11-16/h5-13,25H,4,30H2,1-3H3. The van der Waals surface area contributed by atoms with E-state index in [1.165, 1.54) is 13.2 Å². The van der Waals surface area contributed by atoms with Crippen LogP contribution in [-0.2, 0) is 0 Å². The average molecular weight is 507 g/mol. The Morgan fingerprint density at radius 3 is 2.47 bits per heavy atom. The SMILES string of the molecule is CCOc1ccc(C2C(C#N)=C(N)Oc3cc(OC(=O)c4ccc(OC)c(Cl)c4)ccc32)cc1OC. The first-order valence-electron chi connectivity index (χ1n) is 11.0. The van der Waals surface area contributed by atoms with Gasteiger partial charge in [0.1, 0.15) is 28.9 Å². The minimum atomic E-state index is -0.607. The van der Waals surface area contributed by atoms with E-state index in [2.05, 4.69) is 6.07 Å². The number of esters is 1. The van der Waals surface area contributed by atoms with Crippen LogP contribution in [0.25, 0.3) is 0 Å². The summed E-state index contributed by atoms with van der Waals surface area (Å²) in [6.07, 6.45) is 0. The normalized spacial score (nSPS) is 14.2. The zero-order valence-corrected chi connectivity index (χ0v) is 20.6. The van der Waals surface area contributed by atoms with Gasteiger partial charge >= 0.3 is 5.97 Å². The smallest absolute Gasteiger partial charge is 0.343 e. The molecule has 0 aromatic heterocycles. The van der Waals surface area contributed by atoms with Crippen LogP contribution in [0.15, 0.2) is 66.1 Å². The highest BCUT2D eigenvalue weighted by Gasteiger charge is 2.32. The third kappa shape index (κ3) is 4.74. The highest BCUT2D eigenvalue weighted by Crippen LogP contribution is 2.45. The molecule has 36 heavy (non-hydrogen) atoms. The number of methoxy groups -OCH3 is 2. The van der Waals surface area contributed by atoms with Gasteiger partial charge in [0.05, 0.1) is 37.3 Å². The molecular formula is C27H23ClN2O6. The third-order valence-corrected chi connectivity index (χ3v) is 5.90. The van der Waals surface area contributed by atoms with E-state index in [0.717, 1.165) is 5.56 Å². The lowest BCUT2D eigenvalue weighted by Gasteiger charge is -2.27. The topological polar surface area (TPSA) is 113 Å². The fourth-order valence-electron chi connectivity index (χ4n) is 3.94. The van der Waals surface area contributed by atoms with Crippen LogP contribution >= 0.6 is 11.6 Å². The molecule has 0 bridgehead atoms. The molecule has 184 valence electrons. The Kier molecular flexibility index (Phi) is 7.23. The van der Waals surface area contributed by atoms with E-state index in [9.17, 15) is 10.1 Å². The van der Waals surface area contributed by atoms with Gasteiger partial charge in [-0.25, -0.2) is 4.79 Å². The molecule has 0 fully saturated rings. The molecule has 1 aliphatic rings. The van der Waals surface area contributed by atoms with Crippen LogP contribution in [0.3, 0.4) is 0 Å². The van der Waals surface area contributed by atoms with Crippen LogP contribution < -0.4 is 29.4 Å². The summed E-state index contributed by atoms with van der Waals surface area (Å²) in [4.78, 5) is 12.7. The van der Waals surface area contributed by atoms with Crippen LogP contribution in [0.1, 0.15) is 34.3 Å². The highest BCUT2D eigenvalue weighted by molar-refractivity contribution is 6.32. The molecule has 1 heterocycles. The average Bonchev–Trinajstić information content (AvgIpc) is 2.88. The Balaban J connectivity index is 1.68. The van der Waals surface area contributed by atoms with Gasteiger partial charge in [-0.05, 0) is 48.9 Å². The van der Waals surface area contributed by atoms with Gasteiger partial charge in [-0.15, -0.1) is 0 Å². The Bertz CT molecular complexity index is 1400. The van der Waals surface area contributed by atoms with Crippen molar-refractivity contribution >= 4 is 17.6 Å². The first-order chi connectivity index (χ1) is 17.4. The number of hydrogen-bond donors (Lipinski definition) is 1. The molecule has 2 N–H and O–H groups in total. The molecule has 0 saturated carbocycles. The molecule has 0 spiro atoms. The number of benzene rings is 3. The van der Waals surface area contributed by atoms with Crippen LogP contribution in [0.5, 0.6) is 28.7 Å². The van der Waals surface area contributed by atoms with Crippen molar-refractivity contribution in [2.45, 2.75) is 12.8 Å². The number of halogens is 1. The molecule has 4 rings (SSSR count). The number of allylic oxidation sites excluding steroid dienone is 1. The molecule has 1 unspecified atom stereocenters. The summed E-state index contributed by atoms with van der Waals surface area (Å²) < 4.78 is 27.5. The second kappa shape index (κ2) is 10.5. The summed E-state index contributed by atoms with van der Waals surface area (Å²) in [5, 5.41) is 10.1. The van der Waals surface area contributed by atoms with Gasteiger partial charge in [-0.1, -0.05) is 23.7 Å². The number of nitrogens with two attached hydrogens (primary N) is 1. The molecule has 8 nitrogen and oxygen atoms in total. The monoisotopic (exact) mass is 506 g/mol. The zero-order valence-electron chi connectivity index (χ0n) is 19.8. The number of fused-ring (bicyclic) bond motifs is 1. The van der Waals surface area contributed by atoms with Crippen LogP contribution in [-0.4, -0.2) is 26.8 Å². The van der Waals surface area contributed by atoms with Crippen molar-refractivity contribution in [3.8, 4) is 34.8 Å². The Labute approximate surface area is 213 Å². The van der Waals surface area contributed by atoms with Gasteiger partial charge < -0.3 is 29.4 Å². The second-order valence-electron chi connectivity index (χ2n) is 7.71. The summed E-state index contributed by atoms with van der Waals surface area (Å²) in [5.74, 6) is 1.01.